The quantitative estimate of drug-likeness (QED) is 0.543. The lowest BCUT2D eigenvalue weighted by molar-refractivity contribution is -0.384. The first-order chi connectivity index (χ1) is 11.0. The van der Waals surface area contributed by atoms with Gasteiger partial charge in [-0.1, -0.05) is 18.2 Å². The zero-order chi connectivity index (χ0) is 16.6. The number of pyridine rings is 1. The number of rotatable bonds is 3. The van der Waals surface area contributed by atoms with Crippen molar-refractivity contribution >= 4 is 11.3 Å². The van der Waals surface area contributed by atoms with Gasteiger partial charge < -0.3 is 4.40 Å². The van der Waals surface area contributed by atoms with Gasteiger partial charge in [0.1, 0.15) is 5.65 Å². The second-order valence-electron chi connectivity index (χ2n) is 5.39. The van der Waals surface area contributed by atoms with Crippen molar-refractivity contribution in [3.8, 4) is 17.3 Å². The number of non-ortho nitro benzene ring substituents is 1. The number of nitrogens with zero attached hydrogens (tertiary/aromatic N) is 4. The second kappa shape index (κ2) is 5.54. The maximum Gasteiger partial charge on any atom is 0.270 e. The van der Waals surface area contributed by atoms with Crippen LogP contribution < -0.4 is 0 Å². The van der Waals surface area contributed by atoms with Gasteiger partial charge in [-0.3, -0.25) is 10.1 Å². The number of hydrogen-bond donors (Lipinski definition) is 0. The molecule has 0 amide bonds. The Bertz CT molecular complexity index is 953. The second-order valence-corrected chi connectivity index (χ2v) is 5.39. The van der Waals surface area contributed by atoms with E-state index in [9.17, 15) is 15.4 Å². The molecule has 0 fully saturated rings. The van der Waals surface area contributed by atoms with Crippen LogP contribution in [0.15, 0.2) is 42.6 Å². The van der Waals surface area contributed by atoms with Gasteiger partial charge in [-0.2, -0.15) is 5.26 Å². The molecule has 6 heteroatoms. The van der Waals surface area contributed by atoms with E-state index in [1.165, 1.54) is 12.1 Å². The molecule has 2 heterocycles. The largest absolute Gasteiger partial charge is 0.302 e. The van der Waals surface area contributed by atoms with Crippen LogP contribution in [-0.4, -0.2) is 14.3 Å². The lowest BCUT2D eigenvalue weighted by atomic mass is 10.0. The molecule has 1 unspecified atom stereocenters. The van der Waals surface area contributed by atoms with Crippen LogP contribution in [0.1, 0.15) is 24.1 Å². The minimum Gasteiger partial charge on any atom is -0.302 e. The van der Waals surface area contributed by atoms with E-state index in [0.717, 1.165) is 16.9 Å². The number of aromatic nitrogens is 2. The van der Waals surface area contributed by atoms with Crippen LogP contribution in [0.25, 0.3) is 16.9 Å². The highest BCUT2D eigenvalue weighted by Gasteiger charge is 2.21. The van der Waals surface area contributed by atoms with E-state index >= 15 is 0 Å². The van der Waals surface area contributed by atoms with Crippen LogP contribution in [0, 0.1) is 28.4 Å². The Morgan fingerprint density at radius 2 is 2.13 bits per heavy atom. The summed E-state index contributed by atoms with van der Waals surface area (Å²) in [5.41, 5.74) is 3.73. The van der Waals surface area contributed by atoms with Gasteiger partial charge in [0.05, 0.1) is 28.3 Å². The van der Waals surface area contributed by atoms with Crippen molar-refractivity contribution in [2.75, 3.05) is 0 Å². The van der Waals surface area contributed by atoms with Crippen molar-refractivity contribution in [2.45, 2.75) is 19.8 Å². The average molecular weight is 306 g/mol. The molecule has 3 rings (SSSR count). The van der Waals surface area contributed by atoms with Gasteiger partial charge in [0.25, 0.3) is 5.69 Å². The minimum absolute atomic E-state index is 0.00633. The van der Waals surface area contributed by atoms with Gasteiger partial charge in [-0.05, 0) is 25.5 Å². The van der Waals surface area contributed by atoms with Crippen LogP contribution in [0.4, 0.5) is 5.69 Å². The molecule has 0 saturated heterocycles. The Morgan fingerprint density at radius 3 is 2.83 bits per heavy atom. The van der Waals surface area contributed by atoms with E-state index in [1.54, 1.807) is 19.1 Å². The maximum absolute atomic E-state index is 11.0. The van der Waals surface area contributed by atoms with Crippen molar-refractivity contribution in [1.29, 1.82) is 5.26 Å². The molecular formula is C17H14N4O2. The summed E-state index contributed by atoms with van der Waals surface area (Å²) < 4.78 is 1.89. The first-order valence-electron chi connectivity index (χ1n) is 7.15. The van der Waals surface area contributed by atoms with Crippen LogP contribution in [0.3, 0.4) is 0 Å². The summed E-state index contributed by atoms with van der Waals surface area (Å²) in [6.45, 7) is 3.74. The zero-order valence-electron chi connectivity index (χ0n) is 12.7. The highest BCUT2D eigenvalue weighted by molar-refractivity contribution is 5.70. The Kier molecular flexibility index (Phi) is 3.54. The molecule has 0 aliphatic rings. The summed E-state index contributed by atoms with van der Waals surface area (Å²) in [7, 11) is 0. The molecule has 3 aromatic rings. The van der Waals surface area contributed by atoms with E-state index in [4.69, 9.17) is 0 Å². The van der Waals surface area contributed by atoms with Crippen molar-refractivity contribution < 1.29 is 4.92 Å². The predicted molar refractivity (Wildman–Crippen MR) is 86.0 cm³/mol. The van der Waals surface area contributed by atoms with Crippen molar-refractivity contribution in [3.63, 3.8) is 0 Å². The number of hydrogen-bond acceptors (Lipinski definition) is 4. The molecule has 114 valence electrons. The summed E-state index contributed by atoms with van der Waals surface area (Å²) >= 11 is 0. The van der Waals surface area contributed by atoms with Crippen molar-refractivity contribution in [3.05, 3.63) is 64.0 Å². The molecule has 0 saturated carbocycles. The lowest BCUT2D eigenvalue weighted by Gasteiger charge is -2.07. The fourth-order valence-electron chi connectivity index (χ4n) is 2.68. The summed E-state index contributed by atoms with van der Waals surface area (Å²) in [5, 5.41) is 20.4. The van der Waals surface area contributed by atoms with Gasteiger partial charge in [-0.15, -0.1) is 0 Å². The van der Waals surface area contributed by atoms with Crippen molar-refractivity contribution in [2.24, 2.45) is 0 Å². The number of nitro groups is 1. The smallest absolute Gasteiger partial charge is 0.270 e. The van der Waals surface area contributed by atoms with Gasteiger partial charge in [0.2, 0.25) is 0 Å². The Hall–Kier alpha value is -3.20. The molecule has 0 spiro atoms. The summed E-state index contributed by atoms with van der Waals surface area (Å²) in [5.74, 6) is -0.388. The molecule has 23 heavy (non-hydrogen) atoms. The van der Waals surface area contributed by atoms with E-state index in [-0.39, 0.29) is 11.6 Å². The number of nitro benzene ring substituents is 1. The highest BCUT2D eigenvalue weighted by Crippen LogP contribution is 2.32. The van der Waals surface area contributed by atoms with Gasteiger partial charge in [-0.25, -0.2) is 4.98 Å². The molecule has 0 aliphatic carbocycles. The summed E-state index contributed by atoms with van der Waals surface area (Å²) in [4.78, 5) is 15.2. The molecule has 2 aromatic heterocycles. The van der Waals surface area contributed by atoms with Crippen LogP contribution in [0.5, 0.6) is 0 Å². The summed E-state index contributed by atoms with van der Waals surface area (Å²) in [6, 6.07) is 12.4. The first-order valence-corrected chi connectivity index (χ1v) is 7.15. The molecule has 0 aliphatic heterocycles. The normalized spacial score (nSPS) is 12.0. The van der Waals surface area contributed by atoms with E-state index in [0.29, 0.717) is 11.3 Å². The highest BCUT2D eigenvalue weighted by atomic mass is 16.6. The van der Waals surface area contributed by atoms with Crippen LogP contribution in [-0.2, 0) is 0 Å². The SMILES string of the molecule is Cc1cccn2c(C(C)C#N)c(-c3cccc([N+](=O)[O-])c3)nc12. The number of aryl methyl sites for hydroxylation is 1. The number of nitriles is 1. The third kappa shape index (κ3) is 2.42. The van der Waals surface area contributed by atoms with Crippen LogP contribution in [0.2, 0.25) is 0 Å². The number of fused-ring (bicyclic) bond motifs is 1. The Labute approximate surface area is 132 Å². The fourth-order valence-corrected chi connectivity index (χ4v) is 2.68. The van der Waals surface area contributed by atoms with Crippen molar-refractivity contribution in [1.82, 2.24) is 9.38 Å². The van der Waals surface area contributed by atoms with E-state index in [2.05, 4.69) is 11.1 Å². The lowest BCUT2D eigenvalue weighted by Crippen LogP contribution is -1.99. The maximum atomic E-state index is 11.0. The third-order valence-electron chi connectivity index (χ3n) is 3.82. The molecule has 1 atom stereocenters. The standard InChI is InChI=1S/C17H14N4O2/c1-11-5-4-8-20-16(12(2)10-18)15(19-17(11)20)13-6-3-7-14(9-13)21(22)23/h3-9,12H,1-2H3. The van der Waals surface area contributed by atoms with Crippen LogP contribution >= 0.6 is 0 Å². The fraction of sp³-hybridized carbons (Fsp3) is 0.176. The molecule has 0 radical (unpaired) electrons. The predicted octanol–water partition coefficient (Wildman–Crippen LogP) is 3.85. The molecule has 6 nitrogen and oxygen atoms in total. The monoisotopic (exact) mass is 306 g/mol. The Morgan fingerprint density at radius 1 is 1.35 bits per heavy atom. The zero-order valence-corrected chi connectivity index (χ0v) is 12.7. The molecule has 0 bridgehead atoms. The number of benzene rings is 1. The third-order valence-corrected chi connectivity index (χ3v) is 3.82. The summed E-state index contributed by atoms with van der Waals surface area (Å²) in [6.07, 6.45) is 1.86. The Balaban J connectivity index is 2.33. The number of imidazole rings is 1. The molecular weight excluding hydrogens is 292 g/mol. The van der Waals surface area contributed by atoms with Gasteiger partial charge in [0, 0.05) is 23.9 Å². The molecule has 0 N–H and O–H groups in total. The molecule has 1 aromatic carbocycles. The van der Waals surface area contributed by atoms with E-state index in [1.807, 2.05) is 29.7 Å². The minimum atomic E-state index is -0.433. The van der Waals surface area contributed by atoms with Gasteiger partial charge in [0.15, 0.2) is 0 Å². The van der Waals surface area contributed by atoms with E-state index < -0.39 is 4.92 Å². The topological polar surface area (TPSA) is 84.2 Å². The first kappa shape index (κ1) is 14.7. The van der Waals surface area contributed by atoms with Gasteiger partial charge >= 0.3 is 0 Å². The average Bonchev–Trinajstić information content (AvgIpc) is 2.95.